The van der Waals surface area contributed by atoms with Gasteiger partial charge in [0.05, 0.1) is 19.6 Å². The van der Waals surface area contributed by atoms with Gasteiger partial charge in [0.25, 0.3) is 0 Å². The first-order chi connectivity index (χ1) is 28.5. The van der Waals surface area contributed by atoms with Crippen molar-refractivity contribution < 1.29 is 38.1 Å². The van der Waals surface area contributed by atoms with Crippen LogP contribution in [0.4, 0.5) is 0 Å². The maximum Gasteiger partial charge on any atom is 0.323 e. The summed E-state index contributed by atoms with van der Waals surface area (Å²) in [5.41, 5.74) is 0. The third kappa shape index (κ3) is 32.2. The molecule has 0 aromatic carbocycles. The number of carbonyl (C=O) groups excluding carboxylic acids is 4. The third-order valence-corrected chi connectivity index (χ3v) is 11.5. The van der Waals surface area contributed by atoms with Crippen LogP contribution >= 0.6 is 0 Å². The van der Waals surface area contributed by atoms with Crippen LogP contribution in [0.3, 0.4) is 0 Å². The lowest BCUT2D eigenvalue weighted by Gasteiger charge is -2.22. The molecular weight excluding hydrogens is 745 g/mol. The third-order valence-electron chi connectivity index (χ3n) is 11.5. The minimum Gasteiger partial charge on any atom is -0.466 e. The van der Waals surface area contributed by atoms with E-state index in [4.69, 9.17) is 18.9 Å². The molecule has 0 amide bonds. The molecule has 1 saturated heterocycles. The minimum atomic E-state index is -0.445. The number of hydrogen-bond acceptors (Lipinski definition) is 10. The Morgan fingerprint density at radius 1 is 0.576 bits per heavy atom. The predicted molar refractivity (Wildman–Crippen MR) is 240 cm³/mol. The molecule has 0 aromatic heterocycles. The molecule has 1 aliphatic rings. The van der Waals surface area contributed by atoms with Gasteiger partial charge in [-0.2, -0.15) is 0 Å². The van der Waals surface area contributed by atoms with E-state index in [1.54, 1.807) is 0 Å². The van der Waals surface area contributed by atoms with Crippen LogP contribution in [-0.4, -0.2) is 98.9 Å². The van der Waals surface area contributed by atoms with Gasteiger partial charge < -0.3 is 23.8 Å². The Balaban J connectivity index is 2.36. The number of hydrogen-bond donors (Lipinski definition) is 0. The summed E-state index contributed by atoms with van der Waals surface area (Å²) in [7, 11) is 3.85. The first-order valence-corrected chi connectivity index (χ1v) is 24.7. The molecule has 346 valence electrons. The highest BCUT2D eigenvalue weighted by molar-refractivity contribution is 5.76. The fraction of sp³-hybridized carbons (Fsp3) is 0.918. The zero-order chi connectivity index (χ0) is 43.4. The smallest absolute Gasteiger partial charge is 0.323 e. The lowest BCUT2D eigenvalue weighted by atomic mass is 10.0. The van der Waals surface area contributed by atoms with Crippen LogP contribution < -0.4 is 0 Å². The summed E-state index contributed by atoms with van der Waals surface area (Å²) in [5.74, 6) is 0.0940. The van der Waals surface area contributed by atoms with Crippen LogP contribution in [0.1, 0.15) is 220 Å². The Labute approximate surface area is 362 Å². The van der Waals surface area contributed by atoms with Crippen molar-refractivity contribution in [1.82, 2.24) is 9.80 Å². The van der Waals surface area contributed by atoms with E-state index in [1.165, 1.54) is 77.0 Å². The van der Waals surface area contributed by atoms with Crippen molar-refractivity contribution in [2.75, 3.05) is 46.9 Å². The van der Waals surface area contributed by atoms with Gasteiger partial charge in [0.15, 0.2) is 0 Å². The van der Waals surface area contributed by atoms with Crippen LogP contribution in [0.2, 0.25) is 0 Å². The highest BCUT2D eigenvalue weighted by atomic mass is 16.6. The standard InChI is InChI=1S/C49H92N2O8/c1-7-9-11-12-17-24-32-43(31-22-10-8-2)58-47(53)34-25-18-15-20-29-39-57-49(55)45-40-44(59-48(54)35-37-50(5)6)41-51(45)36-27-21-26-33-46(52)56-38-28-19-14-13-16-23-30-42(3)4/h42-45H,7-41H2,1-6H3/t43?,44?,45-/m0/s1. The number of likely N-dealkylation sites (tertiary alicyclic amines) is 1. The van der Waals surface area contributed by atoms with Gasteiger partial charge in [-0.15, -0.1) is 0 Å². The molecule has 1 aliphatic heterocycles. The normalized spacial score (nSPS) is 16.1. The summed E-state index contributed by atoms with van der Waals surface area (Å²) in [6.45, 7) is 11.7. The second kappa shape index (κ2) is 37.6. The average Bonchev–Trinajstić information content (AvgIpc) is 3.60. The van der Waals surface area contributed by atoms with Gasteiger partial charge in [0.1, 0.15) is 18.2 Å². The SMILES string of the molecule is CCCCCCCCC(CCCCC)OC(=O)CCCCCCCOC(=O)[C@@H]1CC(OC(=O)CCN(C)C)CN1CCCCCC(=O)OCCCCCCCCC(C)C. The zero-order valence-corrected chi connectivity index (χ0v) is 39.2. The fourth-order valence-corrected chi connectivity index (χ4v) is 7.83. The van der Waals surface area contributed by atoms with E-state index in [0.29, 0.717) is 58.5 Å². The quantitative estimate of drug-likeness (QED) is 0.0336. The molecule has 1 rings (SSSR count). The van der Waals surface area contributed by atoms with Crippen molar-refractivity contribution >= 4 is 23.9 Å². The lowest BCUT2D eigenvalue weighted by molar-refractivity contribution is -0.151. The summed E-state index contributed by atoms with van der Waals surface area (Å²) < 4.78 is 22.9. The number of unbranched alkanes of at least 4 members (excludes halogenated alkanes) is 18. The van der Waals surface area contributed by atoms with Gasteiger partial charge in [0.2, 0.25) is 0 Å². The molecule has 1 heterocycles. The Hall–Kier alpha value is -2.20. The number of carbonyl (C=O) groups is 4. The molecule has 0 spiro atoms. The van der Waals surface area contributed by atoms with Crippen molar-refractivity contribution in [3.05, 3.63) is 0 Å². The molecule has 3 atom stereocenters. The number of esters is 4. The molecule has 0 saturated carbocycles. The molecule has 0 bridgehead atoms. The summed E-state index contributed by atoms with van der Waals surface area (Å²) in [6.07, 6.45) is 29.6. The van der Waals surface area contributed by atoms with Gasteiger partial charge in [-0.3, -0.25) is 24.1 Å². The second-order valence-corrected chi connectivity index (χ2v) is 18.1. The summed E-state index contributed by atoms with van der Waals surface area (Å²) in [6, 6.07) is -0.445. The van der Waals surface area contributed by atoms with E-state index in [2.05, 4.69) is 32.6 Å². The number of nitrogens with zero attached hydrogens (tertiary/aromatic N) is 2. The molecule has 2 unspecified atom stereocenters. The van der Waals surface area contributed by atoms with Crippen LogP contribution in [0.5, 0.6) is 0 Å². The van der Waals surface area contributed by atoms with Crippen molar-refractivity contribution in [1.29, 1.82) is 0 Å². The molecule has 1 fully saturated rings. The number of rotatable bonds is 40. The molecular formula is C49H92N2O8. The van der Waals surface area contributed by atoms with Crippen LogP contribution in [-0.2, 0) is 38.1 Å². The Morgan fingerprint density at radius 3 is 1.71 bits per heavy atom. The summed E-state index contributed by atoms with van der Waals surface area (Å²) >= 11 is 0. The molecule has 0 radical (unpaired) electrons. The maximum absolute atomic E-state index is 13.3. The molecule has 0 N–H and O–H groups in total. The fourth-order valence-electron chi connectivity index (χ4n) is 7.83. The van der Waals surface area contributed by atoms with Gasteiger partial charge in [0, 0.05) is 32.4 Å². The average molecular weight is 837 g/mol. The highest BCUT2D eigenvalue weighted by Crippen LogP contribution is 2.24. The molecule has 10 nitrogen and oxygen atoms in total. The largest absolute Gasteiger partial charge is 0.466 e. The van der Waals surface area contributed by atoms with Crippen molar-refractivity contribution in [3.63, 3.8) is 0 Å². The maximum atomic E-state index is 13.3. The highest BCUT2D eigenvalue weighted by Gasteiger charge is 2.39. The van der Waals surface area contributed by atoms with E-state index in [-0.39, 0.29) is 36.1 Å². The first kappa shape index (κ1) is 54.8. The molecule has 0 aromatic rings. The number of ether oxygens (including phenoxy) is 4. The van der Waals surface area contributed by atoms with Gasteiger partial charge in [-0.1, -0.05) is 137 Å². The van der Waals surface area contributed by atoms with Gasteiger partial charge in [-0.25, -0.2) is 0 Å². The zero-order valence-electron chi connectivity index (χ0n) is 39.2. The summed E-state index contributed by atoms with van der Waals surface area (Å²) in [5, 5.41) is 0. The van der Waals surface area contributed by atoms with Crippen molar-refractivity contribution in [3.8, 4) is 0 Å². The predicted octanol–water partition coefficient (Wildman–Crippen LogP) is 11.5. The molecule has 59 heavy (non-hydrogen) atoms. The molecule has 10 heteroatoms. The Morgan fingerprint density at radius 2 is 1.08 bits per heavy atom. The minimum absolute atomic E-state index is 0.0594. The lowest BCUT2D eigenvalue weighted by Crippen LogP contribution is -2.38. The van der Waals surface area contributed by atoms with Gasteiger partial charge >= 0.3 is 23.9 Å². The Kier molecular flexibility index (Phi) is 34.9. The second-order valence-electron chi connectivity index (χ2n) is 18.1. The van der Waals surface area contributed by atoms with E-state index in [0.717, 1.165) is 95.8 Å². The van der Waals surface area contributed by atoms with Crippen LogP contribution in [0.25, 0.3) is 0 Å². The monoisotopic (exact) mass is 837 g/mol. The molecule has 0 aliphatic carbocycles. The van der Waals surface area contributed by atoms with E-state index in [9.17, 15) is 19.2 Å². The summed E-state index contributed by atoms with van der Waals surface area (Å²) in [4.78, 5) is 54.8. The van der Waals surface area contributed by atoms with Crippen LogP contribution in [0.15, 0.2) is 0 Å². The van der Waals surface area contributed by atoms with Crippen molar-refractivity contribution in [2.45, 2.75) is 239 Å². The van der Waals surface area contributed by atoms with Crippen molar-refractivity contribution in [2.24, 2.45) is 5.92 Å². The van der Waals surface area contributed by atoms with E-state index in [1.807, 2.05) is 19.0 Å². The van der Waals surface area contributed by atoms with Crippen LogP contribution in [0, 0.1) is 5.92 Å². The van der Waals surface area contributed by atoms with E-state index < -0.39 is 6.04 Å². The van der Waals surface area contributed by atoms with Gasteiger partial charge in [-0.05, 0) is 84.3 Å². The topological polar surface area (TPSA) is 112 Å². The van der Waals surface area contributed by atoms with E-state index >= 15 is 0 Å². The first-order valence-electron chi connectivity index (χ1n) is 24.7. The Bertz CT molecular complexity index is 1050.